The van der Waals surface area contributed by atoms with Crippen LogP contribution in [0.15, 0.2) is 110 Å². The van der Waals surface area contributed by atoms with Crippen LogP contribution in [0.4, 0.5) is 5.95 Å². The number of aromatic nitrogens is 6. The molecule has 0 bridgehead atoms. The molecule has 0 spiro atoms. The first-order valence-corrected chi connectivity index (χ1v) is 11.8. The first-order valence-electron chi connectivity index (χ1n) is 11.8. The summed E-state index contributed by atoms with van der Waals surface area (Å²) in [7, 11) is 0. The van der Waals surface area contributed by atoms with E-state index in [9.17, 15) is 0 Å². The molecule has 7 heteroatoms. The van der Waals surface area contributed by atoms with Crippen LogP contribution < -0.4 is 5.32 Å². The molecule has 0 fully saturated rings. The van der Waals surface area contributed by atoms with Gasteiger partial charge < -0.3 is 5.32 Å². The third kappa shape index (κ3) is 4.54. The van der Waals surface area contributed by atoms with Crippen LogP contribution in [0.2, 0.25) is 0 Å². The summed E-state index contributed by atoms with van der Waals surface area (Å²) < 4.78 is 1.97. The maximum absolute atomic E-state index is 4.69. The Hall–Kier alpha value is -4.91. The lowest BCUT2D eigenvalue weighted by Gasteiger charge is -2.08. The number of fused-ring (bicyclic) bond motifs is 1. The number of hydrogen-bond donors (Lipinski definition) is 1. The van der Waals surface area contributed by atoms with Crippen LogP contribution in [-0.2, 0) is 6.42 Å². The van der Waals surface area contributed by atoms with Gasteiger partial charge >= 0.3 is 0 Å². The van der Waals surface area contributed by atoms with E-state index in [2.05, 4.69) is 37.6 Å². The lowest BCUT2D eigenvalue weighted by molar-refractivity contribution is 0.953. The molecule has 1 N–H and O–H groups in total. The summed E-state index contributed by atoms with van der Waals surface area (Å²) in [5.74, 6) is 1.35. The number of hydrogen-bond acceptors (Lipinski definition) is 6. The van der Waals surface area contributed by atoms with Crippen LogP contribution in [0, 0.1) is 0 Å². The smallest absolute Gasteiger partial charge is 0.224 e. The topological polar surface area (TPSA) is 81.4 Å². The molecule has 0 aliphatic carbocycles. The standard InChI is InChI=1S/C29H23N7/c1-3-7-21(8-4-1)15-17-30-29-31-18-16-28(33-29)36-20-32-26-19-23(11-14-27(26)36)25-13-12-24(34-35-25)22-9-5-2-6-10-22/h1-14,16,18-20H,15,17H2,(H,30,31,33). The Bertz CT molecular complexity index is 1590. The normalized spacial score (nSPS) is 11.0. The Morgan fingerprint density at radius 3 is 2.22 bits per heavy atom. The molecule has 6 rings (SSSR count). The summed E-state index contributed by atoms with van der Waals surface area (Å²) in [5, 5.41) is 12.2. The molecule has 6 aromatic rings. The molecule has 7 nitrogen and oxygen atoms in total. The fourth-order valence-corrected chi connectivity index (χ4v) is 4.14. The highest BCUT2D eigenvalue weighted by atomic mass is 15.2. The number of nitrogens with one attached hydrogen (secondary N) is 1. The second kappa shape index (κ2) is 9.76. The second-order valence-electron chi connectivity index (χ2n) is 8.39. The Morgan fingerprint density at radius 2 is 1.44 bits per heavy atom. The zero-order chi connectivity index (χ0) is 24.2. The summed E-state index contributed by atoms with van der Waals surface area (Å²) in [4.78, 5) is 13.7. The predicted octanol–water partition coefficient (Wildman–Crippen LogP) is 5.59. The summed E-state index contributed by atoms with van der Waals surface area (Å²) >= 11 is 0. The minimum atomic E-state index is 0.593. The minimum absolute atomic E-state index is 0.593. The van der Waals surface area contributed by atoms with Gasteiger partial charge in [0.2, 0.25) is 5.95 Å². The Morgan fingerprint density at radius 1 is 0.694 bits per heavy atom. The van der Waals surface area contributed by atoms with Gasteiger partial charge in [-0.05, 0) is 42.3 Å². The number of imidazole rings is 1. The highest BCUT2D eigenvalue weighted by Gasteiger charge is 2.10. The second-order valence-corrected chi connectivity index (χ2v) is 8.39. The van der Waals surface area contributed by atoms with Crippen LogP contribution in [0.5, 0.6) is 0 Å². The maximum atomic E-state index is 4.69. The molecule has 0 atom stereocenters. The molecule has 0 radical (unpaired) electrons. The zero-order valence-electron chi connectivity index (χ0n) is 19.5. The number of rotatable bonds is 7. The Balaban J connectivity index is 1.21. The molecule has 3 heterocycles. The van der Waals surface area contributed by atoms with Gasteiger partial charge in [0.05, 0.1) is 22.4 Å². The number of benzene rings is 3. The summed E-state index contributed by atoms with van der Waals surface area (Å²) in [5.41, 5.74) is 6.76. The van der Waals surface area contributed by atoms with E-state index in [0.717, 1.165) is 52.3 Å². The van der Waals surface area contributed by atoms with Crippen molar-refractivity contribution in [1.82, 2.24) is 29.7 Å². The van der Waals surface area contributed by atoms with Crippen LogP contribution >= 0.6 is 0 Å². The van der Waals surface area contributed by atoms with Crippen LogP contribution in [0.1, 0.15) is 5.56 Å². The highest BCUT2D eigenvalue weighted by Crippen LogP contribution is 2.25. The SMILES string of the molecule is c1ccc(CCNc2nccc(-n3cnc4cc(-c5ccc(-c6ccccc6)nn5)ccc43)n2)cc1. The number of anilines is 1. The van der Waals surface area contributed by atoms with Gasteiger partial charge in [-0.3, -0.25) is 4.57 Å². The fraction of sp³-hybridized carbons (Fsp3) is 0.0690. The van der Waals surface area contributed by atoms with Crippen molar-refractivity contribution in [2.75, 3.05) is 11.9 Å². The maximum Gasteiger partial charge on any atom is 0.224 e. The predicted molar refractivity (Wildman–Crippen MR) is 142 cm³/mol. The third-order valence-corrected chi connectivity index (χ3v) is 6.00. The van der Waals surface area contributed by atoms with E-state index in [4.69, 9.17) is 4.98 Å². The molecule has 0 aliphatic rings. The van der Waals surface area contributed by atoms with Crippen molar-refractivity contribution in [2.24, 2.45) is 0 Å². The van der Waals surface area contributed by atoms with E-state index in [-0.39, 0.29) is 0 Å². The monoisotopic (exact) mass is 469 g/mol. The highest BCUT2D eigenvalue weighted by molar-refractivity contribution is 5.82. The van der Waals surface area contributed by atoms with Gasteiger partial charge in [0.1, 0.15) is 12.1 Å². The van der Waals surface area contributed by atoms with Crippen molar-refractivity contribution in [1.29, 1.82) is 0 Å². The molecule has 0 aliphatic heterocycles. The molecule has 3 aromatic heterocycles. The molecule has 0 amide bonds. The number of nitrogens with zero attached hydrogens (tertiary/aromatic N) is 6. The van der Waals surface area contributed by atoms with E-state index < -0.39 is 0 Å². The van der Waals surface area contributed by atoms with E-state index in [1.54, 1.807) is 12.5 Å². The first kappa shape index (κ1) is 21.6. The average molecular weight is 470 g/mol. The van der Waals surface area contributed by atoms with E-state index in [1.807, 2.05) is 89.5 Å². The minimum Gasteiger partial charge on any atom is -0.354 e. The van der Waals surface area contributed by atoms with Gasteiger partial charge in [0.15, 0.2) is 0 Å². The fourth-order valence-electron chi connectivity index (χ4n) is 4.14. The van der Waals surface area contributed by atoms with Crippen molar-refractivity contribution in [2.45, 2.75) is 6.42 Å². The summed E-state index contributed by atoms with van der Waals surface area (Å²) in [6.07, 6.45) is 4.45. The van der Waals surface area contributed by atoms with Crippen LogP contribution in [0.25, 0.3) is 39.4 Å². The molecule has 0 saturated heterocycles. The zero-order valence-corrected chi connectivity index (χ0v) is 19.5. The van der Waals surface area contributed by atoms with Crippen LogP contribution in [0.3, 0.4) is 0 Å². The summed E-state index contributed by atoms with van der Waals surface area (Å²) in [6, 6.07) is 32.4. The van der Waals surface area contributed by atoms with Crippen molar-refractivity contribution >= 4 is 17.0 Å². The molecule has 0 unspecified atom stereocenters. The molecule has 36 heavy (non-hydrogen) atoms. The van der Waals surface area contributed by atoms with E-state index in [0.29, 0.717) is 5.95 Å². The van der Waals surface area contributed by atoms with Gasteiger partial charge in [0.25, 0.3) is 0 Å². The Labute approximate surface area is 208 Å². The molecular weight excluding hydrogens is 446 g/mol. The van der Waals surface area contributed by atoms with Gasteiger partial charge in [0, 0.05) is 23.9 Å². The lowest BCUT2D eigenvalue weighted by atomic mass is 10.1. The quantitative estimate of drug-likeness (QED) is 0.328. The molecule has 0 saturated carbocycles. The third-order valence-electron chi connectivity index (χ3n) is 6.00. The Kier molecular flexibility index (Phi) is 5.86. The van der Waals surface area contributed by atoms with E-state index in [1.165, 1.54) is 5.56 Å². The average Bonchev–Trinajstić information content (AvgIpc) is 3.38. The van der Waals surface area contributed by atoms with Crippen LogP contribution in [-0.4, -0.2) is 36.3 Å². The van der Waals surface area contributed by atoms with Gasteiger partial charge in [-0.2, -0.15) is 4.98 Å². The van der Waals surface area contributed by atoms with Gasteiger partial charge in [-0.1, -0.05) is 66.7 Å². The van der Waals surface area contributed by atoms with Crippen molar-refractivity contribution < 1.29 is 0 Å². The first-order chi connectivity index (χ1) is 17.8. The largest absolute Gasteiger partial charge is 0.354 e. The van der Waals surface area contributed by atoms with Crippen molar-refractivity contribution in [3.63, 3.8) is 0 Å². The molecule has 174 valence electrons. The van der Waals surface area contributed by atoms with E-state index >= 15 is 0 Å². The lowest BCUT2D eigenvalue weighted by Crippen LogP contribution is -2.09. The molecule has 3 aromatic carbocycles. The van der Waals surface area contributed by atoms with Gasteiger partial charge in [-0.25, -0.2) is 9.97 Å². The summed E-state index contributed by atoms with van der Waals surface area (Å²) in [6.45, 7) is 0.756. The molecular formula is C29H23N7. The van der Waals surface area contributed by atoms with Gasteiger partial charge in [-0.15, -0.1) is 10.2 Å². The van der Waals surface area contributed by atoms with Crippen molar-refractivity contribution in [3.8, 4) is 28.3 Å². The van der Waals surface area contributed by atoms with Crippen molar-refractivity contribution in [3.05, 3.63) is 115 Å².